The lowest BCUT2D eigenvalue weighted by Gasteiger charge is -2.25. The van der Waals surface area contributed by atoms with Crippen molar-refractivity contribution in [3.63, 3.8) is 0 Å². The maximum Gasteiger partial charge on any atom is 0.0589 e. The standard InChI is InChI=1S/C18H30N2O/c1-3-12-19-18(16-7-5-4-6-8-16)11-13-20(14-15-21-2)17-9-10-17/h4-8,17-19H,3,9-15H2,1-2H3. The van der Waals surface area contributed by atoms with E-state index in [1.165, 1.54) is 31.2 Å². The average molecular weight is 290 g/mol. The summed E-state index contributed by atoms with van der Waals surface area (Å²) >= 11 is 0. The van der Waals surface area contributed by atoms with Gasteiger partial charge in [0.1, 0.15) is 0 Å². The van der Waals surface area contributed by atoms with Crippen LogP contribution in [0.15, 0.2) is 30.3 Å². The lowest BCUT2D eigenvalue weighted by Crippen LogP contribution is -2.33. The van der Waals surface area contributed by atoms with Crippen LogP contribution in [-0.2, 0) is 4.74 Å². The monoisotopic (exact) mass is 290 g/mol. The maximum atomic E-state index is 5.25. The molecule has 1 aliphatic rings. The molecule has 1 saturated carbocycles. The first-order chi connectivity index (χ1) is 10.3. The zero-order chi connectivity index (χ0) is 14.9. The molecule has 1 atom stereocenters. The van der Waals surface area contributed by atoms with Crippen molar-refractivity contribution >= 4 is 0 Å². The van der Waals surface area contributed by atoms with E-state index in [0.717, 1.165) is 32.3 Å². The second-order valence-corrected chi connectivity index (χ2v) is 5.97. The number of benzene rings is 1. The summed E-state index contributed by atoms with van der Waals surface area (Å²) in [6, 6.07) is 12.1. The third-order valence-corrected chi connectivity index (χ3v) is 4.19. The topological polar surface area (TPSA) is 24.5 Å². The minimum atomic E-state index is 0.468. The van der Waals surface area contributed by atoms with Crippen LogP contribution >= 0.6 is 0 Å². The van der Waals surface area contributed by atoms with Crippen LogP contribution in [0.5, 0.6) is 0 Å². The Morgan fingerprint density at radius 1 is 1.24 bits per heavy atom. The Labute approximate surface area is 129 Å². The second kappa shape index (κ2) is 9.19. The summed E-state index contributed by atoms with van der Waals surface area (Å²) in [6.07, 6.45) is 5.08. The molecule has 118 valence electrons. The number of ether oxygens (including phenoxy) is 1. The van der Waals surface area contributed by atoms with Crippen LogP contribution in [0.1, 0.15) is 44.2 Å². The number of rotatable bonds is 11. The molecule has 1 aliphatic carbocycles. The van der Waals surface area contributed by atoms with Crippen molar-refractivity contribution in [1.82, 2.24) is 10.2 Å². The first kappa shape index (κ1) is 16.5. The van der Waals surface area contributed by atoms with Crippen LogP contribution in [0.25, 0.3) is 0 Å². The van der Waals surface area contributed by atoms with E-state index < -0.39 is 0 Å². The van der Waals surface area contributed by atoms with E-state index in [1.807, 2.05) is 0 Å². The molecule has 0 bridgehead atoms. The molecule has 1 aromatic carbocycles. The van der Waals surface area contributed by atoms with E-state index in [1.54, 1.807) is 7.11 Å². The van der Waals surface area contributed by atoms with E-state index in [4.69, 9.17) is 4.74 Å². The van der Waals surface area contributed by atoms with E-state index in [-0.39, 0.29) is 0 Å². The minimum Gasteiger partial charge on any atom is -0.383 e. The summed E-state index contributed by atoms with van der Waals surface area (Å²) in [5.41, 5.74) is 1.41. The first-order valence-electron chi connectivity index (χ1n) is 8.36. The van der Waals surface area contributed by atoms with Crippen LogP contribution in [-0.4, -0.2) is 44.3 Å². The quantitative estimate of drug-likeness (QED) is 0.677. The summed E-state index contributed by atoms with van der Waals surface area (Å²) in [5.74, 6) is 0. The van der Waals surface area contributed by atoms with Crippen molar-refractivity contribution in [3.05, 3.63) is 35.9 Å². The summed E-state index contributed by atoms with van der Waals surface area (Å²) in [4.78, 5) is 2.60. The van der Waals surface area contributed by atoms with Gasteiger partial charge in [0, 0.05) is 32.3 Å². The van der Waals surface area contributed by atoms with Gasteiger partial charge in [0.25, 0.3) is 0 Å². The fourth-order valence-corrected chi connectivity index (χ4v) is 2.81. The van der Waals surface area contributed by atoms with Crippen molar-refractivity contribution < 1.29 is 4.74 Å². The molecule has 0 saturated heterocycles. The SMILES string of the molecule is CCCNC(CCN(CCOC)C1CC1)c1ccccc1. The van der Waals surface area contributed by atoms with Gasteiger partial charge < -0.3 is 10.1 Å². The average Bonchev–Trinajstić information content (AvgIpc) is 3.36. The summed E-state index contributed by atoms with van der Waals surface area (Å²) in [5, 5.41) is 3.70. The van der Waals surface area contributed by atoms with Gasteiger partial charge in [-0.25, -0.2) is 0 Å². The summed E-state index contributed by atoms with van der Waals surface area (Å²) in [6.45, 7) is 6.38. The maximum absolute atomic E-state index is 5.25. The van der Waals surface area contributed by atoms with E-state index in [0.29, 0.717) is 6.04 Å². The Morgan fingerprint density at radius 2 is 2.00 bits per heavy atom. The van der Waals surface area contributed by atoms with Crippen LogP contribution in [0.4, 0.5) is 0 Å². The van der Waals surface area contributed by atoms with Crippen molar-refractivity contribution in [2.45, 2.75) is 44.7 Å². The van der Waals surface area contributed by atoms with Gasteiger partial charge in [0.2, 0.25) is 0 Å². The van der Waals surface area contributed by atoms with Crippen LogP contribution in [0.2, 0.25) is 0 Å². The van der Waals surface area contributed by atoms with Gasteiger partial charge in [-0.1, -0.05) is 37.3 Å². The predicted octanol–water partition coefficient (Wildman–Crippen LogP) is 3.23. The van der Waals surface area contributed by atoms with Gasteiger partial charge >= 0.3 is 0 Å². The van der Waals surface area contributed by atoms with E-state index in [2.05, 4.69) is 47.5 Å². The Morgan fingerprint density at radius 3 is 2.62 bits per heavy atom. The smallest absolute Gasteiger partial charge is 0.0589 e. The highest BCUT2D eigenvalue weighted by Crippen LogP contribution is 2.28. The molecule has 3 heteroatoms. The molecular formula is C18H30N2O. The largest absolute Gasteiger partial charge is 0.383 e. The zero-order valence-corrected chi connectivity index (χ0v) is 13.6. The van der Waals surface area contributed by atoms with Gasteiger partial charge in [0.05, 0.1) is 6.61 Å². The number of hydrogen-bond acceptors (Lipinski definition) is 3. The van der Waals surface area contributed by atoms with E-state index in [9.17, 15) is 0 Å². The lowest BCUT2D eigenvalue weighted by atomic mass is 10.0. The number of nitrogens with one attached hydrogen (secondary N) is 1. The number of hydrogen-bond donors (Lipinski definition) is 1. The Balaban J connectivity index is 1.88. The molecule has 0 spiro atoms. The molecule has 2 rings (SSSR count). The molecule has 21 heavy (non-hydrogen) atoms. The highest BCUT2D eigenvalue weighted by molar-refractivity contribution is 5.18. The molecule has 1 unspecified atom stereocenters. The van der Waals surface area contributed by atoms with Crippen LogP contribution in [0, 0.1) is 0 Å². The highest BCUT2D eigenvalue weighted by Gasteiger charge is 2.28. The Hall–Kier alpha value is -0.900. The third kappa shape index (κ3) is 5.77. The number of nitrogens with zero attached hydrogens (tertiary/aromatic N) is 1. The zero-order valence-electron chi connectivity index (χ0n) is 13.6. The summed E-state index contributed by atoms with van der Waals surface area (Å²) in [7, 11) is 1.79. The molecule has 0 amide bonds. The van der Waals surface area contributed by atoms with Gasteiger partial charge in [-0.15, -0.1) is 0 Å². The van der Waals surface area contributed by atoms with Gasteiger partial charge in [-0.3, -0.25) is 4.90 Å². The van der Waals surface area contributed by atoms with Crippen molar-refractivity contribution in [3.8, 4) is 0 Å². The van der Waals surface area contributed by atoms with Crippen LogP contribution < -0.4 is 5.32 Å². The minimum absolute atomic E-state index is 0.468. The van der Waals surface area contributed by atoms with Gasteiger partial charge in [-0.2, -0.15) is 0 Å². The van der Waals surface area contributed by atoms with E-state index >= 15 is 0 Å². The molecule has 1 aromatic rings. The lowest BCUT2D eigenvalue weighted by molar-refractivity contribution is 0.140. The predicted molar refractivity (Wildman–Crippen MR) is 88.6 cm³/mol. The van der Waals surface area contributed by atoms with Crippen molar-refractivity contribution in [2.75, 3.05) is 33.4 Å². The fourth-order valence-electron chi connectivity index (χ4n) is 2.81. The molecule has 0 aromatic heterocycles. The Bertz CT molecular complexity index is 378. The second-order valence-electron chi connectivity index (χ2n) is 5.97. The molecule has 0 heterocycles. The fraction of sp³-hybridized carbons (Fsp3) is 0.667. The molecular weight excluding hydrogens is 260 g/mol. The normalized spacial score (nSPS) is 16.3. The molecule has 0 aliphatic heterocycles. The first-order valence-corrected chi connectivity index (χ1v) is 8.36. The van der Waals surface area contributed by atoms with Crippen molar-refractivity contribution in [2.24, 2.45) is 0 Å². The molecule has 1 fully saturated rings. The number of methoxy groups -OCH3 is 1. The molecule has 3 nitrogen and oxygen atoms in total. The summed E-state index contributed by atoms with van der Waals surface area (Å²) < 4.78 is 5.25. The van der Waals surface area contributed by atoms with Gasteiger partial charge in [-0.05, 0) is 37.8 Å². The molecule has 1 N–H and O–H groups in total. The molecule has 0 radical (unpaired) electrons. The Kier molecular flexibility index (Phi) is 7.20. The van der Waals surface area contributed by atoms with Crippen LogP contribution in [0.3, 0.4) is 0 Å². The van der Waals surface area contributed by atoms with Gasteiger partial charge in [0.15, 0.2) is 0 Å². The third-order valence-electron chi connectivity index (χ3n) is 4.19. The van der Waals surface area contributed by atoms with Crippen molar-refractivity contribution in [1.29, 1.82) is 0 Å². The highest BCUT2D eigenvalue weighted by atomic mass is 16.5.